The van der Waals surface area contributed by atoms with Gasteiger partial charge in [0.05, 0.1) is 5.41 Å². The third kappa shape index (κ3) is 1.83. The Labute approximate surface area is 65.5 Å². The van der Waals surface area contributed by atoms with Gasteiger partial charge in [0.25, 0.3) is 5.97 Å². The maximum absolute atomic E-state index is 11.0. The molecule has 2 nitrogen and oxygen atoms in total. The monoisotopic (exact) mass is 157 g/mol. The number of carbonyl (C=O) groups is 1. The highest BCUT2D eigenvalue weighted by molar-refractivity contribution is 6.06. The molecule has 0 unspecified atom stereocenters. The van der Waals surface area contributed by atoms with Crippen LogP contribution in [0.15, 0.2) is 0 Å². The molecule has 0 heterocycles. The molecule has 10 heavy (non-hydrogen) atoms. The average molecular weight is 157 g/mol. The predicted molar refractivity (Wildman–Crippen MR) is 40.5 cm³/mol. The topological polar surface area (TPSA) is 26.3 Å². The minimum Gasteiger partial charge on any atom is -0.516 e. The zero-order valence-electron chi connectivity index (χ0n) is 6.89. The van der Waals surface area contributed by atoms with Crippen molar-refractivity contribution >= 4 is 16.5 Å². The Morgan fingerprint density at radius 3 is 2.00 bits per heavy atom. The normalized spacial score (nSPS) is 11.8. The highest BCUT2D eigenvalue weighted by Crippen LogP contribution is 2.26. The zero-order valence-corrected chi connectivity index (χ0v) is 7.89. The summed E-state index contributed by atoms with van der Waals surface area (Å²) in [6, 6.07) is 0. The lowest BCUT2D eigenvalue weighted by Crippen LogP contribution is -2.31. The Morgan fingerprint density at radius 2 is 1.90 bits per heavy atom. The van der Waals surface area contributed by atoms with Crippen molar-refractivity contribution in [3.8, 4) is 0 Å². The molecule has 0 aliphatic rings. The molecule has 0 aliphatic carbocycles. The summed E-state index contributed by atoms with van der Waals surface area (Å²) in [5, 5.41) is 0. The van der Waals surface area contributed by atoms with E-state index in [1.165, 1.54) is 0 Å². The van der Waals surface area contributed by atoms with Crippen LogP contribution in [0.1, 0.15) is 27.7 Å². The van der Waals surface area contributed by atoms with Crippen LogP contribution >= 0.6 is 0 Å². The molecule has 3 radical (unpaired) electrons. The van der Waals surface area contributed by atoms with Gasteiger partial charge in [-0.15, -0.1) is 0 Å². The molecule has 0 atom stereocenters. The SMILES string of the molecule is CC(C)C(C)(C)C(=O)O[Si]. The third-order valence-electron chi connectivity index (χ3n) is 2.06. The quantitative estimate of drug-likeness (QED) is 0.565. The standard InChI is InChI=1S/C7H13O2Si/c1-5(2)7(3,4)6(8)9-10/h5H,1-4H3. The fraction of sp³-hybridized carbons (Fsp3) is 0.857. The first-order valence-electron chi connectivity index (χ1n) is 3.31. The van der Waals surface area contributed by atoms with Crippen LogP contribution in [-0.4, -0.2) is 16.5 Å². The van der Waals surface area contributed by atoms with E-state index in [4.69, 9.17) is 0 Å². The van der Waals surface area contributed by atoms with Gasteiger partial charge in [0.15, 0.2) is 0 Å². The van der Waals surface area contributed by atoms with Crippen molar-refractivity contribution in [1.29, 1.82) is 0 Å². The molecule has 0 aromatic heterocycles. The second-order valence-electron chi connectivity index (χ2n) is 3.27. The molecule has 3 heteroatoms. The summed E-state index contributed by atoms with van der Waals surface area (Å²) in [7, 11) is 2.72. The summed E-state index contributed by atoms with van der Waals surface area (Å²) >= 11 is 0. The van der Waals surface area contributed by atoms with Crippen LogP contribution in [-0.2, 0) is 9.22 Å². The van der Waals surface area contributed by atoms with Gasteiger partial charge in [-0.3, -0.25) is 4.79 Å². The van der Waals surface area contributed by atoms with E-state index in [9.17, 15) is 4.79 Å². The summed E-state index contributed by atoms with van der Waals surface area (Å²) in [5.41, 5.74) is -0.401. The van der Waals surface area contributed by atoms with Crippen molar-refractivity contribution in [1.82, 2.24) is 0 Å². The van der Waals surface area contributed by atoms with Crippen molar-refractivity contribution in [3.05, 3.63) is 0 Å². The lowest BCUT2D eigenvalue weighted by molar-refractivity contribution is -0.145. The number of rotatable bonds is 2. The Kier molecular flexibility index (Phi) is 3.09. The summed E-state index contributed by atoms with van der Waals surface area (Å²) < 4.78 is 4.44. The first kappa shape index (κ1) is 9.69. The minimum atomic E-state index is -0.401. The van der Waals surface area contributed by atoms with Crippen molar-refractivity contribution in [3.63, 3.8) is 0 Å². The summed E-state index contributed by atoms with van der Waals surface area (Å²) in [6.45, 7) is 7.70. The highest BCUT2D eigenvalue weighted by atomic mass is 28.2. The van der Waals surface area contributed by atoms with E-state index in [0.29, 0.717) is 0 Å². The van der Waals surface area contributed by atoms with E-state index in [1.54, 1.807) is 0 Å². The largest absolute Gasteiger partial charge is 0.516 e. The molecule has 57 valence electrons. The molecular formula is C7H13O2Si. The van der Waals surface area contributed by atoms with Gasteiger partial charge in [0.1, 0.15) is 0 Å². The Morgan fingerprint density at radius 1 is 1.50 bits per heavy atom. The second-order valence-corrected chi connectivity index (χ2v) is 3.47. The van der Waals surface area contributed by atoms with Crippen LogP contribution in [0, 0.1) is 11.3 Å². The van der Waals surface area contributed by atoms with Crippen LogP contribution in [0.25, 0.3) is 0 Å². The number of hydrogen-bond acceptors (Lipinski definition) is 2. The maximum atomic E-state index is 11.0. The fourth-order valence-electron chi connectivity index (χ4n) is 0.367. The van der Waals surface area contributed by atoms with Crippen LogP contribution in [0.3, 0.4) is 0 Å². The summed E-state index contributed by atoms with van der Waals surface area (Å²) in [4.78, 5) is 11.0. The van der Waals surface area contributed by atoms with Gasteiger partial charge in [-0.1, -0.05) is 13.8 Å². The van der Waals surface area contributed by atoms with E-state index in [1.807, 2.05) is 27.7 Å². The van der Waals surface area contributed by atoms with Crippen molar-refractivity contribution in [2.45, 2.75) is 27.7 Å². The highest BCUT2D eigenvalue weighted by Gasteiger charge is 2.31. The summed E-state index contributed by atoms with van der Waals surface area (Å²) in [6.07, 6.45) is 0. The minimum absolute atomic E-state index is 0.223. The van der Waals surface area contributed by atoms with Gasteiger partial charge in [-0.05, 0) is 19.8 Å². The average Bonchev–Trinajstić information content (AvgIpc) is 1.86. The van der Waals surface area contributed by atoms with Crippen LogP contribution < -0.4 is 0 Å². The van der Waals surface area contributed by atoms with Crippen molar-refractivity contribution < 1.29 is 9.22 Å². The molecule has 0 rings (SSSR count). The van der Waals surface area contributed by atoms with Gasteiger partial charge in [-0.2, -0.15) is 0 Å². The molecule has 0 bridgehead atoms. The van der Waals surface area contributed by atoms with Crippen molar-refractivity contribution in [2.75, 3.05) is 0 Å². The molecule has 0 aromatic carbocycles. The maximum Gasteiger partial charge on any atom is 0.345 e. The first-order valence-corrected chi connectivity index (χ1v) is 3.71. The molecule has 0 aromatic rings. The van der Waals surface area contributed by atoms with Crippen LogP contribution in [0.5, 0.6) is 0 Å². The van der Waals surface area contributed by atoms with E-state index < -0.39 is 5.41 Å². The molecule has 0 fully saturated rings. The number of carbonyl (C=O) groups excluding carboxylic acids is 1. The lowest BCUT2D eigenvalue weighted by atomic mass is 9.81. The van der Waals surface area contributed by atoms with Gasteiger partial charge >= 0.3 is 10.5 Å². The third-order valence-corrected chi connectivity index (χ3v) is 2.25. The smallest absolute Gasteiger partial charge is 0.345 e. The molecule has 0 saturated heterocycles. The number of hydrogen-bond donors (Lipinski definition) is 0. The van der Waals surface area contributed by atoms with Gasteiger partial charge < -0.3 is 4.43 Å². The van der Waals surface area contributed by atoms with E-state index in [2.05, 4.69) is 14.9 Å². The van der Waals surface area contributed by atoms with Crippen LogP contribution in [0.2, 0.25) is 0 Å². The lowest BCUT2D eigenvalue weighted by Gasteiger charge is -2.25. The van der Waals surface area contributed by atoms with Crippen molar-refractivity contribution in [2.24, 2.45) is 11.3 Å². The molecular weight excluding hydrogens is 144 g/mol. The van der Waals surface area contributed by atoms with Gasteiger partial charge in [0.2, 0.25) is 0 Å². The van der Waals surface area contributed by atoms with E-state index in [-0.39, 0.29) is 11.9 Å². The van der Waals surface area contributed by atoms with E-state index in [0.717, 1.165) is 0 Å². The molecule has 0 aliphatic heterocycles. The van der Waals surface area contributed by atoms with E-state index >= 15 is 0 Å². The first-order chi connectivity index (χ1) is 4.42. The molecule has 0 spiro atoms. The fourth-order valence-corrected chi connectivity index (χ4v) is 0.630. The molecule has 0 saturated carbocycles. The predicted octanol–water partition coefficient (Wildman–Crippen LogP) is 1.30. The zero-order chi connectivity index (χ0) is 8.36. The molecule has 0 amide bonds. The molecule has 0 N–H and O–H groups in total. The Balaban J connectivity index is 4.24. The van der Waals surface area contributed by atoms with Gasteiger partial charge in [-0.25, -0.2) is 0 Å². The van der Waals surface area contributed by atoms with Gasteiger partial charge in [0, 0.05) is 0 Å². The summed E-state index contributed by atoms with van der Waals surface area (Å²) in [5.74, 6) is 0.0653. The van der Waals surface area contributed by atoms with Crippen LogP contribution in [0.4, 0.5) is 0 Å². The Hall–Kier alpha value is -0.313. The Bertz CT molecular complexity index is 130. The second kappa shape index (κ2) is 3.19.